The van der Waals surface area contributed by atoms with E-state index in [4.69, 9.17) is 9.47 Å². The molecule has 0 unspecified atom stereocenters. The van der Waals surface area contributed by atoms with Crippen molar-refractivity contribution in [1.82, 2.24) is 0 Å². The van der Waals surface area contributed by atoms with E-state index in [1.54, 1.807) is 0 Å². The molecule has 6 N–H and O–H groups in total. The lowest BCUT2D eigenvalue weighted by atomic mass is 10.1. The lowest BCUT2D eigenvalue weighted by molar-refractivity contribution is 0.0487. The first-order valence-corrected chi connectivity index (χ1v) is 16.0. The summed E-state index contributed by atoms with van der Waals surface area (Å²) < 4.78 is 10.1. The summed E-state index contributed by atoms with van der Waals surface area (Å²) in [5.74, 6) is -4.69. The second kappa shape index (κ2) is 22.7. The Bertz CT molecular complexity index is 1070. The third-order valence-electron chi connectivity index (χ3n) is 7.07. The fraction of sp³-hybridized carbons (Fsp3) is 0.588. The van der Waals surface area contributed by atoms with Gasteiger partial charge in [0, 0.05) is 0 Å². The van der Waals surface area contributed by atoms with Crippen LogP contribution in [0.3, 0.4) is 0 Å². The SMILES string of the molecule is CCCCCCCCCCCCOC(=O)c1cc(O)c(O)c(O)c1.CCCCCCCCOC(=O)c1cc(O)c(O)c(O)c1. The van der Waals surface area contributed by atoms with Crippen molar-refractivity contribution in [3.63, 3.8) is 0 Å². The molecular weight excluding hydrogens is 568 g/mol. The van der Waals surface area contributed by atoms with Crippen LogP contribution in [-0.4, -0.2) is 55.8 Å². The van der Waals surface area contributed by atoms with Crippen LogP contribution >= 0.6 is 0 Å². The van der Waals surface area contributed by atoms with Gasteiger partial charge in [0.25, 0.3) is 0 Å². The zero-order valence-corrected chi connectivity index (χ0v) is 26.4. The summed E-state index contributed by atoms with van der Waals surface area (Å²) in [5.41, 5.74) is 0.0404. The first-order chi connectivity index (χ1) is 21.1. The summed E-state index contributed by atoms with van der Waals surface area (Å²) in [6, 6.07) is 4.29. The van der Waals surface area contributed by atoms with Crippen molar-refractivity contribution in [3.05, 3.63) is 35.4 Å². The van der Waals surface area contributed by atoms with E-state index in [9.17, 15) is 40.2 Å². The third-order valence-corrected chi connectivity index (χ3v) is 7.07. The standard InChI is InChI=1S/C19H30O5.C15H22O5/c1-2-3-4-5-6-7-8-9-10-11-12-24-19(23)15-13-16(20)18(22)17(21)14-15;1-2-3-4-5-6-7-8-20-15(19)11-9-12(16)14(18)13(17)10-11/h13-14,20-22H,2-12H2,1H3;9-10,16-18H,2-8H2,1H3. The van der Waals surface area contributed by atoms with Crippen molar-refractivity contribution in [2.75, 3.05) is 13.2 Å². The Morgan fingerprint density at radius 2 is 0.705 bits per heavy atom. The fourth-order valence-corrected chi connectivity index (χ4v) is 4.41. The second-order valence-corrected chi connectivity index (χ2v) is 10.9. The number of aromatic hydroxyl groups is 6. The smallest absolute Gasteiger partial charge is 0.338 e. The maximum absolute atomic E-state index is 11.8. The van der Waals surface area contributed by atoms with Crippen LogP contribution in [-0.2, 0) is 9.47 Å². The summed E-state index contributed by atoms with van der Waals surface area (Å²) in [4.78, 5) is 23.5. The highest BCUT2D eigenvalue weighted by Crippen LogP contribution is 2.36. The van der Waals surface area contributed by atoms with E-state index in [1.807, 2.05) is 0 Å². The van der Waals surface area contributed by atoms with Crippen molar-refractivity contribution >= 4 is 11.9 Å². The highest BCUT2D eigenvalue weighted by molar-refractivity contribution is 5.91. The Hall–Kier alpha value is -3.82. The number of ether oxygens (including phenoxy) is 2. The summed E-state index contributed by atoms with van der Waals surface area (Å²) in [5, 5.41) is 55.8. The number of hydrogen-bond donors (Lipinski definition) is 6. The molecule has 0 amide bonds. The van der Waals surface area contributed by atoms with Gasteiger partial charge in [-0.25, -0.2) is 9.59 Å². The molecule has 0 saturated carbocycles. The molecular formula is C34H52O10. The molecule has 2 rings (SSSR count). The zero-order valence-electron chi connectivity index (χ0n) is 26.4. The zero-order chi connectivity index (χ0) is 32.7. The van der Waals surface area contributed by atoms with E-state index < -0.39 is 46.4 Å². The van der Waals surface area contributed by atoms with E-state index in [1.165, 1.54) is 64.2 Å². The van der Waals surface area contributed by atoms with Gasteiger partial charge in [-0.1, -0.05) is 104 Å². The predicted octanol–water partition coefficient (Wildman–Crippen LogP) is 8.20. The number of esters is 2. The highest BCUT2D eigenvalue weighted by Gasteiger charge is 2.15. The van der Waals surface area contributed by atoms with Gasteiger partial charge in [-0.05, 0) is 37.1 Å². The molecule has 44 heavy (non-hydrogen) atoms. The van der Waals surface area contributed by atoms with Gasteiger partial charge in [-0.2, -0.15) is 0 Å². The monoisotopic (exact) mass is 620 g/mol. The molecule has 2 aromatic rings. The van der Waals surface area contributed by atoms with Gasteiger partial charge in [-0.3, -0.25) is 0 Å². The van der Waals surface area contributed by atoms with Crippen molar-refractivity contribution in [2.45, 2.75) is 117 Å². The molecule has 10 heteroatoms. The minimum atomic E-state index is -0.641. The van der Waals surface area contributed by atoms with Crippen LogP contribution in [0.1, 0.15) is 137 Å². The highest BCUT2D eigenvalue weighted by atomic mass is 16.5. The van der Waals surface area contributed by atoms with Crippen molar-refractivity contribution < 1.29 is 49.7 Å². The number of unbranched alkanes of at least 4 members (excludes halogenated alkanes) is 14. The molecule has 0 saturated heterocycles. The summed E-state index contributed by atoms with van der Waals surface area (Å²) >= 11 is 0. The van der Waals surface area contributed by atoms with Crippen LogP contribution in [0.4, 0.5) is 0 Å². The quantitative estimate of drug-likeness (QED) is 0.0481. The second-order valence-electron chi connectivity index (χ2n) is 10.9. The average Bonchev–Trinajstić information content (AvgIpc) is 3.00. The topological polar surface area (TPSA) is 174 Å². The van der Waals surface area contributed by atoms with Gasteiger partial charge in [0.15, 0.2) is 34.5 Å². The number of phenols is 6. The van der Waals surface area contributed by atoms with Crippen molar-refractivity contribution in [3.8, 4) is 34.5 Å². The number of benzene rings is 2. The number of hydrogen-bond acceptors (Lipinski definition) is 10. The maximum Gasteiger partial charge on any atom is 0.338 e. The number of phenolic OH excluding ortho intramolecular Hbond substituents is 6. The van der Waals surface area contributed by atoms with E-state index in [2.05, 4.69) is 13.8 Å². The van der Waals surface area contributed by atoms with Crippen LogP contribution in [0.15, 0.2) is 24.3 Å². The summed E-state index contributed by atoms with van der Waals surface area (Å²) in [6.07, 6.45) is 18.6. The minimum Gasteiger partial charge on any atom is -0.504 e. The van der Waals surface area contributed by atoms with E-state index in [-0.39, 0.29) is 11.1 Å². The lowest BCUT2D eigenvalue weighted by Gasteiger charge is -2.07. The molecule has 0 spiro atoms. The predicted molar refractivity (Wildman–Crippen MR) is 169 cm³/mol. The molecule has 0 radical (unpaired) electrons. The van der Waals surface area contributed by atoms with Gasteiger partial charge in [0.2, 0.25) is 0 Å². The maximum atomic E-state index is 11.8. The number of carbonyl (C=O) groups excluding carboxylic acids is 2. The first-order valence-electron chi connectivity index (χ1n) is 16.0. The number of rotatable bonds is 20. The summed E-state index contributed by atoms with van der Waals surface area (Å²) in [6.45, 7) is 5.01. The fourth-order valence-electron chi connectivity index (χ4n) is 4.41. The molecule has 0 aliphatic heterocycles. The van der Waals surface area contributed by atoms with Gasteiger partial charge in [0.1, 0.15) is 0 Å². The van der Waals surface area contributed by atoms with E-state index in [0.717, 1.165) is 62.8 Å². The molecule has 0 atom stereocenters. The van der Waals surface area contributed by atoms with Gasteiger partial charge >= 0.3 is 11.9 Å². The van der Waals surface area contributed by atoms with Crippen LogP contribution < -0.4 is 0 Å². The molecule has 248 valence electrons. The van der Waals surface area contributed by atoms with Gasteiger partial charge in [0.05, 0.1) is 24.3 Å². The Morgan fingerprint density at radius 3 is 0.977 bits per heavy atom. The van der Waals surface area contributed by atoms with Gasteiger partial charge in [-0.15, -0.1) is 0 Å². The van der Waals surface area contributed by atoms with Crippen molar-refractivity contribution in [2.24, 2.45) is 0 Å². The molecule has 0 aliphatic carbocycles. The molecule has 0 heterocycles. The average molecular weight is 621 g/mol. The Kier molecular flexibility index (Phi) is 19.7. The molecule has 0 aliphatic rings. The molecule has 10 nitrogen and oxygen atoms in total. The summed E-state index contributed by atoms with van der Waals surface area (Å²) in [7, 11) is 0. The van der Waals surface area contributed by atoms with Crippen LogP contribution in [0.25, 0.3) is 0 Å². The molecule has 0 fully saturated rings. The molecule has 0 aromatic heterocycles. The number of carbonyl (C=O) groups is 2. The van der Waals surface area contributed by atoms with Crippen molar-refractivity contribution in [1.29, 1.82) is 0 Å². The Balaban J connectivity index is 0.000000447. The van der Waals surface area contributed by atoms with E-state index >= 15 is 0 Å². The molecule has 2 aromatic carbocycles. The lowest BCUT2D eigenvalue weighted by Crippen LogP contribution is -2.06. The van der Waals surface area contributed by atoms with Crippen LogP contribution in [0.2, 0.25) is 0 Å². The molecule has 0 bridgehead atoms. The van der Waals surface area contributed by atoms with E-state index in [0.29, 0.717) is 13.2 Å². The first kappa shape index (κ1) is 38.2. The third kappa shape index (κ3) is 15.6. The van der Waals surface area contributed by atoms with Gasteiger partial charge < -0.3 is 40.1 Å². The Labute approximate surface area is 261 Å². The van der Waals surface area contributed by atoms with Crippen LogP contribution in [0, 0.1) is 0 Å². The largest absolute Gasteiger partial charge is 0.504 e. The normalized spacial score (nSPS) is 10.6. The Morgan fingerprint density at radius 1 is 0.455 bits per heavy atom. The minimum absolute atomic E-state index is 0.0174. The van der Waals surface area contributed by atoms with Crippen LogP contribution in [0.5, 0.6) is 34.5 Å².